The number of amides is 1. The van der Waals surface area contributed by atoms with Gasteiger partial charge in [0, 0.05) is 0 Å². The number of hydrogen-bond acceptors (Lipinski definition) is 4. The molecule has 1 aliphatic carbocycles. The highest BCUT2D eigenvalue weighted by atomic mass is 32.2. The highest BCUT2D eigenvalue weighted by molar-refractivity contribution is 7.97. The fourth-order valence-corrected chi connectivity index (χ4v) is 2.68. The van der Waals surface area contributed by atoms with Gasteiger partial charge in [-0.25, -0.2) is 0 Å². The zero-order valence-electron chi connectivity index (χ0n) is 10.5. The zero-order chi connectivity index (χ0) is 13.0. The lowest BCUT2D eigenvalue weighted by Crippen LogP contribution is -2.44. The molecule has 2 unspecified atom stereocenters. The molecule has 1 saturated carbocycles. The van der Waals surface area contributed by atoms with E-state index in [4.69, 9.17) is 4.42 Å². The molecule has 0 spiro atoms. The fourth-order valence-electron chi connectivity index (χ4n) is 2.24. The second kappa shape index (κ2) is 6.29. The number of carbonyl (C=O) groups excluding carboxylic acids is 1. The Morgan fingerprint density at radius 1 is 1.50 bits per heavy atom. The van der Waals surface area contributed by atoms with E-state index in [1.165, 1.54) is 0 Å². The van der Waals surface area contributed by atoms with Gasteiger partial charge in [-0.05, 0) is 31.2 Å². The summed E-state index contributed by atoms with van der Waals surface area (Å²) in [7, 11) is 0. The molecule has 1 aliphatic rings. The van der Waals surface area contributed by atoms with Crippen LogP contribution in [-0.4, -0.2) is 29.4 Å². The Bertz CT molecular complexity index is 405. The molecule has 1 amide bonds. The number of thioether (sulfide) groups is 1. The second-order valence-corrected chi connectivity index (χ2v) is 5.50. The number of furan rings is 1. The van der Waals surface area contributed by atoms with Crippen molar-refractivity contribution in [3.8, 4) is 0 Å². The third kappa shape index (κ3) is 3.29. The predicted octanol–water partition coefficient (Wildman–Crippen LogP) is 2.18. The molecule has 1 heterocycles. The molecule has 18 heavy (non-hydrogen) atoms. The van der Waals surface area contributed by atoms with Crippen LogP contribution in [0.1, 0.15) is 42.0 Å². The molecular formula is C13H19NO3S. The monoisotopic (exact) mass is 269 g/mol. The van der Waals surface area contributed by atoms with Gasteiger partial charge >= 0.3 is 0 Å². The van der Waals surface area contributed by atoms with Crippen LogP contribution in [0.3, 0.4) is 0 Å². The average molecular weight is 269 g/mol. The Hall–Kier alpha value is -0.940. The van der Waals surface area contributed by atoms with Crippen molar-refractivity contribution in [2.24, 2.45) is 0 Å². The number of aliphatic hydroxyl groups excluding tert-OH is 1. The number of hydrogen-bond donors (Lipinski definition) is 2. The first-order valence-electron chi connectivity index (χ1n) is 6.27. The van der Waals surface area contributed by atoms with Crippen molar-refractivity contribution in [3.05, 3.63) is 23.7 Å². The molecule has 5 heteroatoms. The summed E-state index contributed by atoms with van der Waals surface area (Å²) < 4.78 is 5.45. The molecule has 0 aliphatic heterocycles. The second-order valence-electron chi connectivity index (χ2n) is 4.63. The molecule has 100 valence electrons. The van der Waals surface area contributed by atoms with E-state index >= 15 is 0 Å². The maximum absolute atomic E-state index is 12.0. The molecule has 1 aromatic rings. The van der Waals surface area contributed by atoms with Crippen molar-refractivity contribution >= 4 is 17.7 Å². The number of aliphatic hydroxyl groups is 1. The van der Waals surface area contributed by atoms with Gasteiger partial charge in [-0.3, -0.25) is 4.79 Å². The molecule has 1 aromatic heterocycles. The number of nitrogens with one attached hydrogen (secondary N) is 1. The van der Waals surface area contributed by atoms with Crippen LogP contribution in [0.4, 0.5) is 0 Å². The van der Waals surface area contributed by atoms with E-state index in [2.05, 4.69) is 5.32 Å². The van der Waals surface area contributed by atoms with Gasteiger partial charge in [0.1, 0.15) is 5.76 Å². The fraction of sp³-hybridized carbons (Fsp3) is 0.615. The van der Waals surface area contributed by atoms with Gasteiger partial charge in [0.25, 0.3) is 5.91 Å². The summed E-state index contributed by atoms with van der Waals surface area (Å²) in [6.45, 7) is 0. The summed E-state index contributed by atoms with van der Waals surface area (Å²) in [5.41, 5.74) is 0. The predicted molar refractivity (Wildman–Crippen MR) is 71.7 cm³/mol. The molecule has 2 rings (SSSR count). The quantitative estimate of drug-likeness (QED) is 0.879. The van der Waals surface area contributed by atoms with Crippen LogP contribution in [-0.2, 0) is 5.75 Å². The molecule has 1 fully saturated rings. The van der Waals surface area contributed by atoms with Crippen molar-refractivity contribution in [2.45, 2.75) is 43.6 Å². The Labute approximate surface area is 111 Å². The third-order valence-electron chi connectivity index (χ3n) is 3.22. The van der Waals surface area contributed by atoms with Gasteiger partial charge in [0.15, 0.2) is 5.76 Å². The van der Waals surface area contributed by atoms with Gasteiger partial charge in [0.2, 0.25) is 0 Å². The van der Waals surface area contributed by atoms with Crippen molar-refractivity contribution in [1.82, 2.24) is 5.32 Å². The van der Waals surface area contributed by atoms with Crippen LogP contribution in [0.15, 0.2) is 16.5 Å². The highest BCUT2D eigenvalue weighted by Crippen LogP contribution is 2.19. The first-order chi connectivity index (χ1) is 8.70. The standard InChI is InChI=1S/C13H19NO3S/c1-18-8-9-6-7-12(17-9)13(16)14-10-4-2-3-5-11(10)15/h6-7,10-11,15H,2-5,8H2,1H3,(H,14,16). The van der Waals surface area contributed by atoms with E-state index in [0.29, 0.717) is 5.76 Å². The highest BCUT2D eigenvalue weighted by Gasteiger charge is 2.25. The van der Waals surface area contributed by atoms with Crippen LogP contribution in [0, 0.1) is 0 Å². The first-order valence-corrected chi connectivity index (χ1v) is 7.66. The molecule has 2 N–H and O–H groups in total. The van der Waals surface area contributed by atoms with E-state index in [1.54, 1.807) is 17.8 Å². The Morgan fingerprint density at radius 3 is 3.00 bits per heavy atom. The largest absolute Gasteiger partial charge is 0.455 e. The Kier molecular flexibility index (Phi) is 4.72. The zero-order valence-corrected chi connectivity index (χ0v) is 11.3. The third-order valence-corrected chi connectivity index (χ3v) is 3.79. The van der Waals surface area contributed by atoms with Gasteiger partial charge < -0.3 is 14.8 Å². The Morgan fingerprint density at radius 2 is 2.28 bits per heavy atom. The van der Waals surface area contributed by atoms with E-state index in [1.807, 2.05) is 12.3 Å². The van der Waals surface area contributed by atoms with Crippen LogP contribution >= 0.6 is 11.8 Å². The van der Waals surface area contributed by atoms with E-state index in [9.17, 15) is 9.90 Å². The lowest BCUT2D eigenvalue weighted by molar-refractivity contribution is 0.0697. The van der Waals surface area contributed by atoms with Crippen molar-refractivity contribution in [1.29, 1.82) is 0 Å². The topological polar surface area (TPSA) is 62.5 Å². The normalized spacial score (nSPS) is 23.9. The Balaban J connectivity index is 1.93. The molecular weight excluding hydrogens is 250 g/mol. The van der Waals surface area contributed by atoms with Gasteiger partial charge in [0.05, 0.1) is 17.9 Å². The summed E-state index contributed by atoms with van der Waals surface area (Å²) in [4.78, 5) is 12.0. The van der Waals surface area contributed by atoms with Gasteiger partial charge in [-0.2, -0.15) is 11.8 Å². The lowest BCUT2D eigenvalue weighted by atomic mass is 9.92. The van der Waals surface area contributed by atoms with Crippen LogP contribution in [0.5, 0.6) is 0 Å². The van der Waals surface area contributed by atoms with Gasteiger partial charge in [-0.1, -0.05) is 12.8 Å². The first kappa shape index (κ1) is 13.5. The summed E-state index contributed by atoms with van der Waals surface area (Å²) in [5.74, 6) is 1.67. The average Bonchev–Trinajstić information content (AvgIpc) is 2.81. The smallest absolute Gasteiger partial charge is 0.287 e. The van der Waals surface area contributed by atoms with Crippen LogP contribution < -0.4 is 5.32 Å². The van der Waals surface area contributed by atoms with Crippen molar-refractivity contribution in [3.63, 3.8) is 0 Å². The SMILES string of the molecule is CSCc1ccc(C(=O)NC2CCCCC2O)o1. The van der Waals surface area contributed by atoms with Crippen molar-refractivity contribution in [2.75, 3.05) is 6.26 Å². The maximum atomic E-state index is 12.0. The molecule has 0 bridgehead atoms. The summed E-state index contributed by atoms with van der Waals surface area (Å²) >= 11 is 1.65. The number of carbonyl (C=O) groups is 1. The molecule has 0 saturated heterocycles. The lowest BCUT2D eigenvalue weighted by Gasteiger charge is -2.27. The summed E-state index contributed by atoms with van der Waals surface area (Å²) in [5, 5.41) is 12.7. The maximum Gasteiger partial charge on any atom is 0.287 e. The van der Waals surface area contributed by atoms with Gasteiger partial charge in [-0.15, -0.1) is 0 Å². The minimum Gasteiger partial charge on any atom is -0.455 e. The molecule has 0 radical (unpaired) electrons. The minimum absolute atomic E-state index is 0.139. The molecule has 4 nitrogen and oxygen atoms in total. The molecule has 2 atom stereocenters. The van der Waals surface area contributed by atoms with E-state index in [-0.39, 0.29) is 11.9 Å². The minimum atomic E-state index is -0.427. The van der Waals surface area contributed by atoms with Crippen LogP contribution in [0.2, 0.25) is 0 Å². The molecule has 0 aromatic carbocycles. The van der Waals surface area contributed by atoms with E-state index in [0.717, 1.165) is 37.2 Å². The summed E-state index contributed by atoms with van der Waals surface area (Å²) in [6.07, 6.45) is 5.25. The summed E-state index contributed by atoms with van der Waals surface area (Å²) in [6, 6.07) is 3.37. The number of rotatable bonds is 4. The van der Waals surface area contributed by atoms with Crippen molar-refractivity contribution < 1.29 is 14.3 Å². The van der Waals surface area contributed by atoms with E-state index < -0.39 is 6.10 Å². The van der Waals surface area contributed by atoms with Crippen LogP contribution in [0.25, 0.3) is 0 Å².